The molecule has 0 unspecified atom stereocenters. The highest BCUT2D eigenvalue weighted by atomic mass is 32.1. The van der Waals surface area contributed by atoms with Gasteiger partial charge in [0.1, 0.15) is 11.2 Å². The maximum absolute atomic E-state index is 6.44. The van der Waals surface area contributed by atoms with Crippen LogP contribution < -0.4 is 0 Å². The molecule has 4 aromatic heterocycles. The SMILES string of the molecule is c1ccc2c(c1)oc1cc(-n3c4ccccc4c4cc5c(cc43)-c3ccc(-c4ccc6c7ccccc7n(-c7ccc8sc9ccccc9c8c7)c6c4)cc3C53CCCCC3)ccc12. The van der Waals surface area contributed by atoms with E-state index in [0.29, 0.717) is 0 Å². The number of furan rings is 1. The van der Waals surface area contributed by atoms with Gasteiger partial charge in [-0.25, -0.2) is 0 Å². The minimum atomic E-state index is -0.0127. The van der Waals surface area contributed by atoms with Gasteiger partial charge in [0.05, 0.1) is 22.1 Å². The molecule has 0 radical (unpaired) electrons. The lowest BCUT2D eigenvalue weighted by Crippen LogP contribution is -2.28. The number of thiophene rings is 1. The Kier molecular flexibility index (Phi) is 7.04. The van der Waals surface area contributed by atoms with E-state index in [2.05, 4.69) is 185 Å². The van der Waals surface area contributed by atoms with Gasteiger partial charge < -0.3 is 13.6 Å². The van der Waals surface area contributed by atoms with Crippen molar-refractivity contribution in [1.29, 1.82) is 0 Å². The first-order valence-corrected chi connectivity index (χ1v) is 23.6. The van der Waals surface area contributed by atoms with Crippen molar-refractivity contribution in [1.82, 2.24) is 9.13 Å². The number of hydrogen-bond acceptors (Lipinski definition) is 2. The first kappa shape index (κ1) is 35.1. The van der Waals surface area contributed by atoms with Gasteiger partial charge in [0.15, 0.2) is 0 Å². The maximum Gasteiger partial charge on any atom is 0.137 e. The summed E-state index contributed by atoms with van der Waals surface area (Å²) >= 11 is 1.88. The van der Waals surface area contributed by atoms with E-state index in [9.17, 15) is 0 Å². The predicted molar refractivity (Wildman–Crippen MR) is 270 cm³/mol. The predicted octanol–water partition coefficient (Wildman–Crippen LogP) is 17.0. The van der Waals surface area contributed by atoms with Crippen molar-refractivity contribution >= 4 is 97.1 Å². The summed E-state index contributed by atoms with van der Waals surface area (Å²) in [5, 5.41) is 10.1. The summed E-state index contributed by atoms with van der Waals surface area (Å²) in [4.78, 5) is 0. The Morgan fingerprint density at radius 1 is 0.375 bits per heavy atom. The largest absolute Gasteiger partial charge is 0.456 e. The van der Waals surface area contributed by atoms with Gasteiger partial charge in [0.2, 0.25) is 0 Å². The van der Waals surface area contributed by atoms with Crippen LogP contribution in [0.2, 0.25) is 0 Å². The summed E-state index contributed by atoms with van der Waals surface area (Å²) in [6, 6.07) is 68.5. The van der Waals surface area contributed by atoms with Gasteiger partial charge in [0.25, 0.3) is 0 Å². The molecule has 9 aromatic carbocycles. The van der Waals surface area contributed by atoms with E-state index in [0.717, 1.165) is 27.6 Å². The van der Waals surface area contributed by atoms with Crippen molar-refractivity contribution in [2.75, 3.05) is 0 Å². The number of rotatable bonds is 3. The molecule has 2 aliphatic carbocycles. The molecule has 302 valence electrons. The molecule has 0 N–H and O–H groups in total. The van der Waals surface area contributed by atoms with Crippen molar-refractivity contribution in [2.45, 2.75) is 37.5 Å². The average molecular weight is 837 g/mol. The fourth-order valence-corrected chi connectivity index (χ4v) is 13.3. The zero-order valence-corrected chi connectivity index (χ0v) is 35.9. The summed E-state index contributed by atoms with van der Waals surface area (Å²) < 4.78 is 14.1. The third-order valence-electron chi connectivity index (χ3n) is 15.1. The molecule has 64 heavy (non-hydrogen) atoms. The van der Waals surface area contributed by atoms with Crippen molar-refractivity contribution < 1.29 is 4.42 Å². The third-order valence-corrected chi connectivity index (χ3v) is 16.3. The van der Waals surface area contributed by atoms with Crippen molar-refractivity contribution in [3.05, 3.63) is 193 Å². The van der Waals surface area contributed by atoms with E-state index in [1.54, 1.807) is 0 Å². The molecule has 4 heteroatoms. The summed E-state index contributed by atoms with van der Waals surface area (Å²) in [5.74, 6) is 0. The zero-order chi connectivity index (χ0) is 41.7. The number of aromatic nitrogens is 2. The smallest absolute Gasteiger partial charge is 0.137 e. The molecule has 0 bridgehead atoms. The van der Waals surface area contributed by atoms with Gasteiger partial charge in [-0.05, 0) is 125 Å². The lowest BCUT2D eigenvalue weighted by molar-refractivity contribution is 0.353. The van der Waals surface area contributed by atoms with Gasteiger partial charge in [-0.2, -0.15) is 0 Å². The molecule has 0 saturated heterocycles. The van der Waals surface area contributed by atoms with Crippen molar-refractivity contribution in [3.8, 4) is 33.6 Å². The number of fused-ring (bicyclic) bond motifs is 17. The first-order valence-electron chi connectivity index (χ1n) is 22.8. The van der Waals surface area contributed by atoms with Gasteiger partial charge >= 0.3 is 0 Å². The van der Waals surface area contributed by atoms with Crippen LogP contribution in [-0.2, 0) is 5.41 Å². The van der Waals surface area contributed by atoms with Gasteiger partial charge in [-0.15, -0.1) is 11.3 Å². The minimum Gasteiger partial charge on any atom is -0.456 e. The summed E-state index contributed by atoms with van der Waals surface area (Å²) in [5.41, 5.74) is 17.4. The Balaban J connectivity index is 0.917. The maximum atomic E-state index is 6.44. The van der Waals surface area contributed by atoms with Crippen LogP contribution in [0.5, 0.6) is 0 Å². The highest BCUT2D eigenvalue weighted by Crippen LogP contribution is 2.58. The Labute approximate surface area is 373 Å². The topological polar surface area (TPSA) is 23.0 Å². The monoisotopic (exact) mass is 836 g/mol. The quantitative estimate of drug-likeness (QED) is 0.174. The summed E-state index contributed by atoms with van der Waals surface area (Å²) in [7, 11) is 0. The van der Waals surface area contributed by atoms with E-state index in [1.807, 2.05) is 17.4 Å². The Bertz CT molecular complexity index is 4130. The molecule has 4 heterocycles. The Hall–Kier alpha value is -7.40. The molecule has 0 aliphatic heterocycles. The second-order valence-electron chi connectivity index (χ2n) is 18.3. The molecular formula is C60H40N2OS. The number of benzene rings is 9. The summed E-state index contributed by atoms with van der Waals surface area (Å²) in [6.45, 7) is 0. The van der Waals surface area contributed by atoms with E-state index in [1.165, 1.54) is 135 Å². The van der Waals surface area contributed by atoms with E-state index < -0.39 is 0 Å². The van der Waals surface area contributed by atoms with Gasteiger partial charge in [-0.3, -0.25) is 0 Å². The minimum absolute atomic E-state index is 0.0127. The highest BCUT2D eigenvalue weighted by Gasteiger charge is 2.44. The van der Waals surface area contributed by atoms with Crippen LogP contribution in [0, 0.1) is 0 Å². The zero-order valence-electron chi connectivity index (χ0n) is 35.1. The molecule has 1 fully saturated rings. The van der Waals surface area contributed by atoms with Crippen LogP contribution in [0.4, 0.5) is 0 Å². The fourth-order valence-electron chi connectivity index (χ4n) is 12.2. The van der Waals surface area contributed by atoms with Crippen LogP contribution in [0.3, 0.4) is 0 Å². The van der Waals surface area contributed by atoms with E-state index in [-0.39, 0.29) is 5.41 Å². The fraction of sp³-hybridized carbons (Fsp3) is 0.100. The normalized spacial score (nSPS) is 14.7. The van der Waals surface area contributed by atoms with Gasteiger partial charge in [-0.1, -0.05) is 116 Å². The van der Waals surface area contributed by atoms with E-state index in [4.69, 9.17) is 4.42 Å². The standard InChI is InChI=1S/C60H40N2OS/c1-10-28-60(29-11-1)50-30-36(37-21-25-43-41-12-2-6-16-52(41)61(54(43)31-37)38-23-27-59-49(32-38)46-15-5-9-19-58(46)64-59)20-24-40(50)47-35-55-48(34-51(47)60)42-13-3-7-17-53(42)62(55)39-22-26-45-44-14-4-8-18-56(44)63-57(45)33-39/h2-9,12-27,30-35H,1,10-11,28-29H2. The first-order chi connectivity index (χ1) is 31.7. The molecular weight excluding hydrogens is 797 g/mol. The van der Waals surface area contributed by atoms with Crippen LogP contribution in [0.1, 0.15) is 43.2 Å². The number of para-hydroxylation sites is 3. The molecule has 0 amide bonds. The molecule has 15 rings (SSSR count). The van der Waals surface area contributed by atoms with Crippen LogP contribution in [0.15, 0.2) is 186 Å². The van der Waals surface area contributed by atoms with Crippen molar-refractivity contribution in [2.24, 2.45) is 0 Å². The molecule has 1 saturated carbocycles. The highest BCUT2D eigenvalue weighted by molar-refractivity contribution is 7.25. The second-order valence-corrected chi connectivity index (χ2v) is 19.4. The number of hydrogen-bond donors (Lipinski definition) is 0. The second kappa shape index (κ2) is 12.8. The average Bonchev–Trinajstić information content (AvgIpc) is 4.14. The van der Waals surface area contributed by atoms with E-state index >= 15 is 0 Å². The molecule has 3 nitrogen and oxygen atoms in total. The Morgan fingerprint density at radius 3 is 1.81 bits per heavy atom. The van der Waals surface area contributed by atoms with Crippen molar-refractivity contribution in [3.63, 3.8) is 0 Å². The molecule has 0 atom stereocenters. The molecule has 2 aliphatic rings. The Morgan fingerprint density at radius 2 is 0.969 bits per heavy atom. The lowest BCUT2D eigenvalue weighted by Gasteiger charge is -2.36. The van der Waals surface area contributed by atoms with Crippen LogP contribution in [-0.4, -0.2) is 9.13 Å². The lowest BCUT2D eigenvalue weighted by atomic mass is 9.67. The van der Waals surface area contributed by atoms with Crippen LogP contribution >= 0.6 is 11.3 Å². The van der Waals surface area contributed by atoms with Gasteiger partial charge in [0, 0.05) is 75.3 Å². The molecule has 1 spiro atoms. The summed E-state index contributed by atoms with van der Waals surface area (Å²) in [6.07, 6.45) is 6.14. The molecule has 13 aromatic rings. The third kappa shape index (κ3) is 4.70. The van der Waals surface area contributed by atoms with Crippen LogP contribution in [0.25, 0.3) is 119 Å². The number of nitrogens with zero attached hydrogens (tertiary/aromatic N) is 2.